The first-order valence-corrected chi connectivity index (χ1v) is 15.8. The standard InChI is InChI=1S/C38H18F10N4/c39-29-27(30(40)34(44)37(47)33(29)43)25-17-7-5-15(49-17)11-21-23-13-1-2-14(4-3-13)24(23)22(52-21)12-16-6-8-18(50-16)26(20-10-9-19(25)51-20)28-31(41)35(45)38(48)36(46)32(28)42/h1-2,5-14,49-50H,3-4H2. The van der Waals surface area contributed by atoms with E-state index in [2.05, 4.69) is 27.1 Å². The monoisotopic (exact) mass is 720 g/mol. The van der Waals surface area contributed by atoms with Crippen molar-refractivity contribution in [2.45, 2.75) is 12.8 Å². The predicted octanol–water partition coefficient (Wildman–Crippen LogP) is 10.7. The Balaban J connectivity index is 1.47. The van der Waals surface area contributed by atoms with Gasteiger partial charge >= 0.3 is 0 Å². The van der Waals surface area contributed by atoms with Gasteiger partial charge in [-0.05, 0) is 72.5 Å². The molecule has 3 aliphatic carbocycles. The van der Waals surface area contributed by atoms with E-state index in [4.69, 9.17) is 4.98 Å². The first-order valence-electron chi connectivity index (χ1n) is 15.8. The summed E-state index contributed by atoms with van der Waals surface area (Å²) in [5.41, 5.74) is -1.72. The Bertz CT molecular complexity index is 2480. The molecule has 260 valence electrons. The van der Waals surface area contributed by atoms with Crippen LogP contribution in [0.2, 0.25) is 0 Å². The summed E-state index contributed by atoms with van der Waals surface area (Å²) in [4.78, 5) is 15.0. The number of aromatic nitrogens is 4. The number of hydrogen-bond donors (Lipinski definition) is 2. The number of halogens is 10. The largest absolute Gasteiger partial charge is 0.355 e. The Kier molecular flexibility index (Phi) is 6.95. The van der Waals surface area contributed by atoms with Crippen molar-refractivity contribution in [2.75, 3.05) is 0 Å². The van der Waals surface area contributed by atoms with Crippen LogP contribution in [-0.2, 0) is 0 Å². The second-order valence-electron chi connectivity index (χ2n) is 12.7. The molecular weight excluding hydrogens is 702 g/mol. The molecule has 14 heteroatoms. The summed E-state index contributed by atoms with van der Waals surface area (Å²) in [5, 5.41) is 0. The van der Waals surface area contributed by atoms with E-state index in [0.717, 1.165) is 36.1 Å². The van der Waals surface area contributed by atoms with Crippen LogP contribution in [0.1, 0.15) is 35.6 Å². The summed E-state index contributed by atoms with van der Waals surface area (Å²) in [7, 11) is 0. The van der Waals surface area contributed by atoms with Crippen molar-refractivity contribution >= 4 is 45.4 Å². The number of allylic oxidation sites excluding steroid dienone is 4. The number of rotatable bonds is 2. The van der Waals surface area contributed by atoms with E-state index in [-0.39, 0.29) is 22.9 Å². The summed E-state index contributed by atoms with van der Waals surface area (Å²) >= 11 is 0. The van der Waals surface area contributed by atoms with E-state index >= 15 is 17.6 Å². The number of nitrogens with zero attached hydrogens (tertiary/aromatic N) is 2. The van der Waals surface area contributed by atoms with Crippen LogP contribution in [0.3, 0.4) is 0 Å². The second kappa shape index (κ2) is 11.3. The third-order valence-corrected chi connectivity index (χ3v) is 9.80. The van der Waals surface area contributed by atoms with Crippen LogP contribution >= 0.6 is 0 Å². The molecule has 0 fully saturated rings. The number of H-pyrrole nitrogens is 2. The van der Waals surface area contributed by atoms with Crippen LogP contribution in [-0.4, -0.2) is 19.9 Å². The fourth-order valence-corrected chi connectivity index (χ4v) is 7.50. The molecule has 0 saturated carbocycles. The van der Waals surface area contributed by atoms with Crippen molar-refractivity contribution in [2.24, 2.45) is 11.8 Å². The molecule has 2 N–H and O–H groups in total. The molecule has 10 rings (SSSR count). The van der Waals surface area contributed by atoms with Gasteiger partial charge in [0.05, 0.1) is 33.9 Å². The maximum absolute atomic E-state index is 15.5. The van der Waals surface area contributed by atoms with E-state index < -0.39 is 91.8 Å². The predicted molar refractivity (Wildman–Crippen MR) is 173 cm³/mol. The van der Waals surface area contributed by atoms with E-state index in [1.165, 1.54) is 24.3 Å². The Labute approximate surface area is 285 Å². The van der Waals surface area contributed by atoms with Crippen molar-refractivity contribution in [1.29, 1.82) is 0 Å². The zero-order valence-electron chi connectivity index (χ0n) is 26.0. The van der Waals surface area contributed by atoms with Gasteiger partial charge in [-0.25, -0.2) is 53.9 Å². The maximum Gasteiger partial charge on any atom is 0.200 e. The van der Waals surface area contributed by atoms with Gasteiger partial charge in [0, 0.05) is 45.0 Å². The minimum absolute atomic E-state index is 0.00730. The molecule has 5 aromatic rings. The van der Waals surface area contributed by atoms with Crippen LogP contribution in [0.15, 0.2) is 48.6 Å². The molecule has 4 nitrogen and oxygen atoms in total. The van der Waals surface area contributed by atoms with Crippen molar-refractivity contribution in [3.05, 3.63) is 129 Å². The van der Waals surface area contributed by atoms with Crippen LogP contribution in [0, 0.1) is 70.0 Å². The number of aromatic amines is 2. The van der Waals surface area contributed by atoms with Gasteiger partial charge < -0.3 is 9.97 Å². The first kappa shape index (κ1) is 32.0. The lowest BCUT2D eigenvalue weighted by molar-refractivity contribution is 0.381. The molecule has 3 aromatic heterocycles. The van der Waals surface area contributed by atoms with Gasteiger partial charge in [0.25, 0.3) is 0 Å². The summed E-state index contributed by atoms with van der Waals surface area (Å²) < 4.78 is 149. The van der Waals surface area contributed by atoms with E-state index in [1.54, 1.807) is 12.1 Å². The molecule has 2 unspecified atom stereocenters. The molecule has 52 heavy (non-hydrogen) atoms. The molecule has 5 aliphatic rings. The normalized spacial score (nSPS) is 17.4. The van der Waals surface area contributed by atoms with Gasteiger partial charge in [-0.2, -0.15) is 0 Å². The highest BCUT2D eigenvalue weighted by molar-refractivity contribution is 5.99. The van der Waals surface area contributed by atoms with Gasteiger partial charge in [-0.15, -0.1) is 0 Å². The lowest BCUT2D eigenvalue weighted by Crippen LogP contribution is -2.18. The molecule has 0 spiro atoms. The summed E-state index contributed by atoms with van der Waals surface area (Å²) in [6.45, 7) is 0. The molecule has 10 bridgehead atoms. The molecule has 2 aliphatic heterocycles. The molecule has 0 saturated heterocycles. The summed E-state index contributed by atoms with van der Waals surface area (Å²) in [5.74, 6) is -22.6. The second-order valence-corrected chi connectivity index (χ2v) is 12.7. The van der Waals surface area contributed by atoms with Gasteiger partial charge in [0.1, 0.15) is 0 Å². The fraction of sp³-hybridized carbons (Fsp3) is 0.105. The Morgan fingerprint density at radius 1 is 0.442 bits per heavy atom. The lowest BCUT2D eigenvalue weighted by atomic mass is 9.71. The number of fused-ring (bicyclic) bond motifs is 9. The average Bonchev–Trinajstić information content (AvgIpc) is 3.98. The topological polar surface area (TPSA) is 57.4 Å². The van der Waals surface area contributed by atoms with Gasteiger partial charge in [0.15, 0.2) is 46.5 Å². The van der Waals surface area contributed by atoms with Crippen LogP contribution in [0.4, 0.5) is 43.9 Å². The molecule has 2 atom stereocenters. The van der Waals surface area contributed by atoms with E-state index in [0.29, 0.717) is 22.4 Å². The smallest absolute Gasteiger partial charge is 0.200 e. The Hall–Kier alpha value is -5.92. The van der Waals surface area contributed by atoms with Crippen molar-refractivity contribution in [3.63, 3.8) is 0 Å². The average molecular weight is 721 g/mol. The molecule has 2 aromatic carbocycles. The van der Waals surface area contributed by atoms with Crippen molar-refractivity contribution in [1.82, 2.24) is 19.9 Å². The van der Waals surface area contributed by atoms with E-state index in [1.807, 2.05) is 0 Å². The number of benzene rings is 2. The van der Waals surface area contributed by atoms with Gasteiger partial charge in [-0.1, -0.05) is 12.2 Å². The van der Waals surface area contributed by atoms with Gasteiger partial charge in [0.2, 0.25) is 11.6 Å². The summed E-state index contributed by atoms with van der Waals surface area (Å²) in [6, 6.07) is 8.99. The highest BCUT2D eigenvalue weighted by atomic mass is 19.2. The zero-order valence-corrected chi connectivity index (χ0v) is 26.0. The Morgan fingerprint density at radius 3 is 1.17 bits per heavy atom. The SMILES string of the molecule is Fc1c(F)c(F)c(-c2c3nc(c(-c4c(F)c(F)c(F)c(F)c4F)c4ccc(cc5nc(cc6ccc2[nH]6)C2=C5C5C=CC2CC5)[nH]4)C=C3)c(F)c1F. The minimum Gasteiger partial charge on any atom is -0.355 e. The fourth-order valence-electron chi connectivity index (χ4n) is 7.50. The highest BCUT2D eigenvalue weighted by Gasteiger charge is 2.37. The molecule has 0 amide bonds. The summed E-state index contributed by atoms with van der Waals surface area (Å²) in [6.07, 6.45) is 7.94. The van der Waals surface area contributed by atoms with Crippen molar-refractivity contribution < 1.29 is 43.9 Å². The third-order valence-electron chi connectivity index (χ3n) is 9.80. The molecule has 5 heterocycles. The molecule has 0 radical (unpaired) electrons. The van der Waals surface area contributed by atoms with Crippen LogP contribution < -0.4 is 0 Å². The quantitative estimate of drug-likeness (QED) is 0.0810. The highest BCUT2D eigenvalue weighted by Crippen LogP contribution is 2.51. The van der Waals surface area contributed by atoms with E-state index in [9.17, 15) is 26.3 Å². The molecular formula is C38H18F10N4. The third kappa shape index (κ3) is 4.48. The number of nitrogens with one attached hydrogen (secondary N) is 2. The van der Waals surface area contributed by atoms with Gasteiger partial charge in [-0.3, -0.25) is 0 Å². The number of hydrogen-bond acceptors (Lipinski definition) is 2. The van der Waals surface area contributed by atoms with Crippen LogP contribution in [0.5, 0.6) is 0 Å². The van der Waals surface area contributed by atoms with Crippen molar-refractivity contribution in [3.8, 4) is 22.3 Å². The first-order chi connectivity index (χ1) is 24.9. The Morgan fingerprint density at radius 2 is 0.808 bits per heavy atom. The van der Waals surface area contributed by atoms with Crippen LogP contribution in [0.25, 0.3) is 67.6 Å². The zero-order chi connectivity index (χ0) is 36.3. The lowest BCUT2D eigenvalue weighted by Gasteiger charge is -2.32. The minimum atomic E-state index is -2.41. The maximum atomic E-state index is 15.5.